The first kappa shape index (κ1) is 11.7. The predicted molar refractivity (Wildman–Crippen MR) is 62.6 cm³/mol. The Hall–Kier alpha value is -1.36. The van der Waals surface area contributed by atoms with Crippen molar-refractivity contribution in [1.29, 1.82) is 0 Å². The van der Waals surface area contributed by atoms with E-state index in [0.29, 0.717) is 5.95 Å². The third-order valence-corrected chi connectivity index (χ3v) is 2.26. The number of nitrogen functional groups attached to an aromatic ring is 1. The molecule has 0 aliphatic heterocycles. The molecule has 0 saturated carbocycles. The van der Waals surface area contributed by atoms with Crippen molar-refractivity contribution in [2.45, 2.75) is 26.7 Å². The molecule has 0 spiro atoms. The van der Waals surface area contributed by atoms with Crippen LogP contribution in [0.15, 0.2) is 12.3 Å². The SMILES string of the molecule is CCCCN(CC)c1ccnc(NN)n1. The summed E-state index contributed by atoms with van der Waals surface area (Å²) in [4.78, 5) is 10.5. The molecule has 0 bridgehead atoms. The van der Waals surface area contributed by atoms with E-state index in [1.54, 1.807) is 6.20 Å². The molecule has 1 aromatic heterocycles. The summed E-state index contributed by atoms with van der Waals surface area (Å²) < 4.78 is 0. The molecular formula is C10H19N5. The molecule has 0 saturated heterocycles. The molecule has 5 heteroatoms. The average molecular weight is 209 g/mol. The average Bonchev–Trinajstić information content (AvgIpc) is 2.30. The summed E-state index contributed by atoms with van der Waals surface area (Å²) in [5.74, 6) is 6.65. The molecule has 1 rings (SSSR count). The smallest absolute Gasteiger partial charge is 0.239 e. The molecule has 0 amide bonds. The molecule has 0 fully saturated rings. The number of anilines is 2. The number of hydrazine groups is 1. The summed E-state index contributed by atoms with van der Waals surface area (Å²) in [5.41, 5.74) is 2.45. The summed E-state index contributed by atoms with van der Waals surface area (Å²) in [6.45, 7) is 6.27. The van der Waals surface area contributed by atoms with Crippen molar-refractivity contribution in [3.63, 3.8) is 0 Å². The summed E-state index contributed by atoms with van der Waals surface area (Å²) in [5, 5.41) is 0. The lowest BCUT2D eigenvalue weighted by atomic mass is 10.3. The minimum Gasteiger partial charge on any atom is -0.357 e. The summed E-state index contributed by atoms with van der Waals surface area (Å²) in [6, 6.07) is 1.90. The second-order valence-electron chi connectivity index (χ2n) is 3.32. The van der Waals surface area contributed by atoms with Crippen LogP contribution in [-0.4, -0.2) is 23.1 Å². The third kappa shape index (κ3) is 3.36. The van der Waals surface area contributed by atoms with Crippen LogP contribution in [0.3, 0.4) is 0 Å². The highest BCUT2D eigenvalue weighted by atomic mass is 15.3. The number of hydrogen-bond acceptors (Lipinski definition) is 5. The molecule has 15 heavy (non-hydrogen) atoms. The lowest BCUT2D eigenvalue weighted by Crippen LogP contribution is -2.25. The lowest BCUT2D eigenvalue weighted by molar-refractivity contribution is 0.723. The summed E-state index contributed by atoms with van der Waals surface area (Å²) in [6.07, 6.45) is 4.07. The van der Waals surface area contributed by atoms with Crippen LogP contribution in [0.25, 0.3) is 0 Å². The highest BCUT2D eigenvalue weighted by molar-refractivity contribution is 5.41. The Bertz CT molecular complexity index is 289. The topological polar surface area (TPSA) is 67.1 Å². The van der Waals surface area contributed by atoms with Crippen molar-refractivity contribution >= 4 is 11.8 Å². The first-order chi connectivity index (χ1) is 7.31. The van der Waals surface area contributed by atoms with Gasteiger partial charge in [0.25, 0.3) is 0 Å². The van der Waals surface area contributed by atoms with E-state index in [4.69, 9.17) is 5.84 Å². The van der Waals surface area contributed by atoms with Gasteiger partial charge in [0.1, 0.15) is 5.82 Å². The normalized spacial score (nSPS) is 10.1. The molecule has 5 nitrogen and oxygen atoms in total. The van der Waals surface area contributed by atoms with Gasteiger partial charge in [0.2, 0.25) is 5.95 Å². The number of aromatic nitrogens is 2. The van der Waals surface area contributed by atoms with Crippen molar-refractivity contribution < 1.29 is 0 Å². The van der Waals surface area contributed by atoms with Crippen LogP contribution in [-0.2, 0) is 0 Å². The van der Waals surface area contributed by atoms with Crippen LogP contribution in [0.5, 0.6) is 0 Å². The summed E-state index contributed by atoms with van der Waals surface area (Å²) in [7, 11) is 0. The van der Waals surface area contributed by atoms with Gasteiger partial charge in [0.15, 0.2) is 0 Å². The second kappa shape index (κ2) is 6.19. The van der Waals surface area contributed by atoms with E-state index in [1.807, 2.05) is 6.07 Å². The van der Waals surface area contributed by atoms with Crippen molar-refractivity contribution in [1.82, 2.24) is 9.97 Å². The van der Waals surface area contributed by atoms with Gasteiger partial charge in [0.05, 0.1) is 0 Å². The largest absolute Gasteiger partial charge is 0.357 e. The van der Waals surface area contributed by atoms with Gasteiger partial charge >= 0.3 is 0 Å². The Morgan fingerprint density at radius 2 is 2.27 bits per heavy atom. The molecule has 84 valence electrons. The van der Waals surface area contributed by atoms with Crippen LogP contribution >= 0.6 is 0 Å². The molecule has 1 heterocycles. The number of unbranched alkanes of at least 4 members (excludes halogenated alkanes) is 1. The molecule has 0 aromatic carbocycles. The molecular weight excluding hydrogens is 190 g/mol. The molecule has 1 aromatic rings. The highest BCUT2D eigenvalue weighted by Crippen LogP contribution is 2.12. The number of nitrogens with zero attached hydrogens (tertiary/aromatic N) is 3. The zero-order valence-corrected chi connectivity index (χ0v) is 9.40. The van der Waals surface area contributed by atoms with E-state index in [0.717, 1.165) is 18.9 Å². The van der Waals surface area contributed by atoms with Crippen molar-refractivity contribution in [2.24, 2.45) is 5.84 Å². The molecule has 0 unspecified atom stereocenters. The Labute approximate surface area is 90.7 Å². The Kier molecular flexibility index (Phi) is 4.83. The minimum absolute atomic E-state index is 0.461. The van der Waals surface area contributed by atoms with Crippen molar-refractivity contribution in [3.8, 4) is 0 Å². The zero-order chi connectivity index (χ0) is 11.1. The van der Waals surface area contributed by atoms with Gasteiger partial charge in [-0.3, -0.25) is 5.43 Å². The van der Waals surface area contributed by atoms with Gasteiger partial charge < -0.3 is 4.90 Å². The highest BCUT2D eigenvalue weighted by Gasteiger charge is 2.05. The van der Waals surface area contributed by atoms with E-state index in [2.05, 4.69) is 34.1 Å². The predicted octanol–water partition coefficient (Wildman–Crippen LogP) is 1.39. The van der Waals surface area contributed by atoms with Gasteiger partial charge in [-0.2, -0.15) is 4.98 Å². The minimum atomic E-state index is 0.461. The van der Waals surface area contributed by atoms with Crippen LogP contribution in [0.1, 0.15) is 26.7 Å². The quantitative estimate of drug-likeness (QED) is 0.547. The maximum atomic E-state index is 5.27. The van der Waals surface area contributed by atoms with Gasteiger partial charge in [-0.25, -0.2) is 10.8 Å². The van der Waals surface area contributed by atoms with Crippen molar-refractivity contribution in [3.05, 3.63) is 12.3 Å². The molecule has 3 N–H and O–H groups in total. The van der Waals surface area contributed by atoms with Gasteiger partial charge in [-0.15, -0.1) is 0 Å². The molecule has 0 aliphatic rings. The monoisotopic (exact) mass is 209 g/mol. The van der Waals surface area contributed by atoms with Crippen LogP contribution in [0.2, 0.25) is 0 Å². The maximum absolute atomic E-state index is 5.27. The van der Waals surface area contributed by atoms with E-state index in [1.165, 1.54) is 12.8 Å². The van der Waals surface area contributed by atoms with E-state index >= 15 is 0 Å². The summed E-state index contributed by atoms with van der Waals surface area (Å²) >= 11 is 0. The fraction of sp³-hybridized carbons (Fsp3) is 0.600. The van der Waals surface area contributed by atoms with Gasteiger partial charge in [0, 0.05) is 19.3 Å². The van der Waals surface area contributed by atoms with Gasteiger partial charge in [-0.05, 0) is 19.4 Å². The lowest BCUT2D eigenvalue weighted by Gasteiger charge is -2.21. The molecule has 0 atom stereocenters. The first-order valence-corrected chi connectivity index (χ1v) is 5.36. The Morgan fingerprint density at radius 3 is 2.87 bits per heavy atom. The van der Waals surface area contributed by atoms with Crippen LogP contribution < -0.4 is 16.2 Å². The van der Waals surface area contributed by atoms with Crippen molar-refractivity contribution in [2.75, 3.05) is 23.4 Å². The molecule has 0 aliphatic carbocycles. The first-order valence-electron chi connectivity index (χ1n) is 5.36. The number of hydrogen-bond donors (Lipinski definition) is 2. The number of nitrogens with two attached hydrogens (primary N) is 1. The van der Waals surface area contributed by atoms with Gasteiger partial charge in [-0.1, -0.05) is 13.3 Å². The second-order valence-corrected chi connectivity index (χ2v) is 3.32. The number of rotatable bonds is 6. The van der Waals surface area contributed by atoms with E-state index in [-0.39, 0.29) is 0 Å². The third-order valence-electron chi connectivity index (χ3n) is 2.26. The van der Waals surface area contributed by atoms with Crippen LogP contribution in [0.4, 0.5) is 11.8 Å². The fourth-order valence-corrected chi connectivity index (χ4v) is 1.38. The maximum Gasteiger partial charge on any atom is 0.239 e. The van der Waals surface area contributed by atoms with Crippen LogP contribution in [0, 0.1) is 0 Å². The fourth-order valence-electron chi connectivity index (χ4n) is 1.38. The van der Waals surface area contributed by atoms with E-state index < -0.39 is 0 Å². The zero-order valence-electron chi connectivity index (χ0n) is 9.40. The Balaban J connectivity index is 2.72. The molecule has 0 radical (unpaired) electrons. The Morgan fingerprint density at radius 1 is 1.47 bits per heavy atom. The number of nitrogens with one attached hydrogen (secondary N) is 1. The standard InChI is InChI=1S/C10H19N5/c1-3-5-8-15(4-2)9-6-7-12-10(13-9)14-11/h6-7H,3-5,8,11H2,1-2H3,(H,12,13,14). The van der Waals surface area contributed by atoms with E-state index in [9.17, 15) is 0 Å².